The van der Waals surface area contributed by atoms with E-state index in [2.05, 4.69) is 25.9 Å². The fourth-order valence-electron chi connectivity index (χ4n) is 1.10. The standard InChI is InChI=1S/C9H17N3.ClH/c1-9(2,3)8(10)7-5-11-12(4)6-7;/h5-6,8H,10H2,1-4H3;1H. The quantitative estimate of drug-likeness (QED) is 0.758. The second-order valence-corrected chi connectivity index (χ2v) is 4.29. The highest BCUT2D eigenvalue weighted by atomic mass is 35.5. The Bertz CT molecular complexity index is 262. The van der Waals surface area contributed by atoms with Crippen molar-refractivity contribution in [1.82, 2.24) is 9.78 Å². The molecular weight excluding hydrogens is 186 g/mol. The Hall–Kier alpha value is -0.540. The highest BCUT2D eigenvalue weighted by Crippen LogP contribution is 2.29. The molecule has 0 saturated heterocycles. The van der Waals surface area contributed by atoms with E-state index in [1.54, 1.807) is 4.68 Å². The predicted octanol–water partition coefficient (Wildman–Crippen LogP) is 1.89. The number of halogens is 1. The lowest BCUT2D eigenvalue weighted by Gasteiger charge is -2.25. The van der Waals surface area contributed by atoms with Gasteiger partial charge in [0, 0.05) is 24.8 Å². The topological polar surface area (TPSA) is 43.8 Å². The van der Waals surface area contributed by atoms with Gasteiger partial charge in [-0.05, 0) is 5.41 Å². The molecule has 2 N–H and O–H groups in total. The first-order valence-corrected chi connectivity index (χ1v) is 4.15. The molecule has 1 atom stereocenters. The lowest BCUT2D eigenvalue weighted by atomic mass is 9.84. The third kappa shape index (κ3) is 3.01. The lowest BCUT2D eigenvalue weighted by molar-refractivity contribution is 0.327. The Morgan fingerprint density at radius 3 is 2.31 bits per heavy atom. The Morgan fingerprint density at radius 2 is 2.00 bits per heavy atom. The fraction of sp³-hybridized carbons (Fsp3) is 0.667. The number of rotatable bonds is 1. The molecule has 3 nitrogen and oxygen atoms in total. The maximum Gasteiger partial charge on any atom is 0.0537 e. The van der Waals surface area contributed by atoms with Crippen LogP contribution >= 0.6 is 12.4 Å². The molecule has 0 fully saturated rings. The smallest absolute Gasteiger partial charge is 0.0537 e. The van der Waals surface area contributed by atoms with Gasteiger partial charge in [-0.1, -0.05) is 20.8 Å². The average molecular weight is 204 g/mol. The van der Waals surface area contributed by atoms with E-state index in [4.69, 9.17) is 5.73 Å². The van der Waals surface area contributed by atoms with Crippen LogP contribution in [-0.4, -0.2) is 9.78 Å². The Balaban J connectivity index is 0.00000144. The molecule has 76 valence electrons. The first-order chi connectivity index (χ1) is 5.41. The molecule has 0 aromatic carbocycles. The van der Waals surface area contributed by atoms with Gasteiger partial charge < -0.3 is 5.73 Å². The van der Waals surface area contributed by atoms with Gasteiger partial charge in [-0.15, -0.1) is 12.4 Å². The van der Waals surface area contributed by atoms with Gasteiger partial charge in [-0.2, -0.15) is 5.10 Å². The van der Waals surface area contributed by atoms with Crippen LogP contribution in [0.5, 0.6) is 0 Å². The van der Waals surface area contributed by atoms with Crippen molar-refractivity contribution in [1.29, 1.82) is 0 Å². The summed E-state index contributed by atoms with van der Waals surface area (Å²) in [4.78, 5) is 0. The number of hydrogen-bond donors (Lipinski definition) is 1. The number of aryl methyl sites for hydroxylation is 1. The summed E-state index contributed by atoms with van der Waals surface area (Å²) in [6.07, 6.45) is 3.80. The molecule has 0 aliphatic rings. The second-order valence-electron chi connectivity index (χ2n) is 4.29. The van der Waals surface area contributed by atoms with Crippen LogP contribution in [0.2, 0.25) is 0 Å². The van der Waals surface area contributed by atoms with Crippen LogP contribution in [0.3, 0.4) is 0 Å². The lowest BCUT2D eigenvalue weighted by Crippen LogP contribution is -2.25. The van der Waals surface area contributed by atoms with E-state index in [-0.39, 0.29) is 23.9 Å². The van der Waals surface area contributed by atoms with E-state index < -0.39 is 0 Å². The molecule has 0 aliphatic heterocycles. The van der Waals surface area contributed by atoms with Crippen LogP contribution in [0.25, 0.3) is 0 Å². The van der Waals surface area contributed by atoms with Crippen molar-refractivity contribution in [2.24, 2.45) is 18.2 Å². The molecule has 0 radical (unpaired) electrons. The largest absolute Gasteiger partial charge is 0.323 e. The number of nitrogens with two attached hydrogens (primary N) is 1. The zero-order valence-electron chi connectivity index (χ0n) is 8.61. The summed E-state index contributed by atoms with van der Waals surface area (Å²) < 4.78 is 1.78. The molecule has 0 saturated carbocycles. The zero-order valence-corrected chi connectivity index (χ0v) is 9.43. The van der Waals surface area contributed by atoms with E-state index in [1.807, 2.05) is 19.4 Å². The van der Waals surface area contributed by atoms with Gasteiger partial charge in [0.15, 0.2) is 0 Å². The minimum atomic E-state index is 0. The summed E-state index contributed by atoms with van der Waals surface area (Å²) in [7, 11) is 1.90. The van der Waals surface area contributed by atoms with Crippen LogP contribution in [0.4, 0.5) is 0 Å². The monoisotopic (exact) mass is 203 g/mol. The Labute approximate surface area is 85.7 Å². The van der Waals surface area contributed by atoms with Gasteiger partial charge in [0.1, 0.15) is 0 Å². The highest BCUT2D eigenvalue weighted by Gasteiger charge is 2.22. The van der Waals surface area contributed by atoms with Crippen LogP contribution in [0.1, 0.15) is 32.4 Å². The fourth-order valence-corrected chi connectivity index (χ4v) is 1.10. The van der Waals surface area contributed by atoms with Gasteiger partial charge in [0.2, 0.25) is 0 Å². The molecule has 13 heavy (non-hydrogen) atoms. The molecule has 0 spiro atoms. The summed E-state index contributed by atoms with van der Waals surface area (Å²) in [5, 5.41) is 4.09. The van der Waals surface area contributed by atoms with E-state index in [1.165, 1.54) is 0 Å². The first-order valence-electron chi connectivity index (χ1n) is 4.15. The predicted molar refractivity (Wildman–Crippen MR) is 56.8 cm³/mol. The SMILES string of the molecule is Cl.Cn1cc(C(N)C(C)(C)C)cn1. The minimum absolute atomic E-state index is 0. The molecule has 1 unspecified atom stereocenters. The van der Waals surface area contributed by atoms with Crippen molar-refractivity contribution in [2.45, 2.75) is 26.8 Å². The highest BCUT2D eigenvalue weighted by molar-refractivity contribution is 5.85. The minimum Gasteiger partial charge on any atom is -0.323 e. The molecule has 1 aromatic rings. The van der Waals surface area contributed by atoms with Gasteiger partial charge in [0.05, 0.1) is 6.20 Å². The van der Waals surface area contributed by atoms with Crippen LogP contribution < -0.4 is 5.73 Å². The van der Waals surface area contributed by atoms with E-state index in [0.717, 1.165) is 5.56 Å². The van der Waals surface area contributed by atoms with Crippen LogP contribution in [0.15, 0.2) is 12.4 Å². The Kier molecular flexibility index (Phi) is 3.94. The molecule has 4 heteroatoms. The second kappa shape index (κ2) is 4.11. The number of hydrogen-bond acceptors (Lipinski definition) is 2. The molecule has 0 amide bonds. The molecule has 1 aromatic heterocycles. The van der Waals surface area contributed by atoms with Crippen molar-refractivity contribution in [3.8, 4) is 0 Å². The zero-order chi connectivity index (χ0) is 9.35. The van der Waals surface area contributed by atoms with Crippen molar-refractivity contribution < 1.29 is 0 Å². The average Bonchev–Trinajstić information content (AvgIpc) is 2.32. The van der Waals surface area contributed by atoms with Crippen LogP contribution in [-0.2, 0) is 7.05 Å². The maximum atomic E-state index is 6.03. The molecule has 0 aliphatic carbocycles. The third-order valence-corrected chi connectivity index (χ3v) is 2.02. The van der Waals surface area contributed by atoms with Gasteiger partial charge in [-0.3, -0.25) is 4.68 Å². The van der Waals surface area contributed by atoms with E-state index >= 15 is 0 Å². The van der Waals surface area contributed by atoms with Gasteiger partial charge in [-0.25, -0.2) is 0 Å². The molecule has 1 heterocycles. The van der Waals surface area contributed by atoms with Crippen molar-refractivity contribution in [2.75, 3.05) is 0 Å². The molecule has 1 rings (SSSR count). The van der Waals surface area contributed by atoms with E-state index in [0.29, 0.717) is 0 Å². The molecule has 0 bridgehead atoms. The van der Waals surface area contributed by atoms with Crippen molar-refractivity contribution >= 4 is 12.4 Å². The van der Waals surface area contributed by atoms with E-state index in [9.17, 15) is 0 Å². The van der Waals surface area contributed by atoms with Gasteiger partial charge >= 0.3 is 0 Å². The number of nitrogens with zero attached hydrogens (tertiary/aromatic N) is 2. The van der Waals surface area contributed by atoms with Gasteiger partial charge in [0.25, 0.3) is 0 Å². The Morgan fingerprint density at radius 1 is 1.46 bits per heavy atom. The summed E-state index contributed by atoms with van der Waals surface area (Å²) in [6, 6.07) is 0.0613. The summed E-state index contributed by atoms with van der Waals surface area (Å²) in [5.41, 5.74) is 7.23. The molecular formula is C9H18ClN3. The number of aromatic nitrogens is 2. The summed E-state index contributed by atoms with van der Waals surface area (Å²) in [6.45, 7) is 6.39. The summed E-state index contributed by atoms with van der Waals surface area (Å²) in [5.74, 6) is 0. The third-order valence-electron chi connectivity index (χ3n) is 2.02. The normalized spacial score (nSPS) is 13.6. The van der Waals surface area contributed by atoms with Crippen molar-refractivity contribution in [3.05, 3.63) is 18.0 Å². The maximum absolute atomic E-state index is 6.03. The first kappa shape index (κ1) is 12.5. The van der Waals surface area contributed by atoms with Crippen molar-refractivity contribution in [3.63, 3.8) is 0 Å². The van der Waals surface area contributed by atoms with Crippen LogP contribution in [0, 0.1) is 5.41 Å². The summed E-state index contributed by atoms with van der Waals surface area (Å²) >= 11 is 0.